The predicted octanol–water partition coefficient (Wildman–Crippen LogP) is 2.22. The van der Waals surface area contributed by atoms with Gasteiger partial charge in [-0.05, 0) is 30.2 Å². The van der Waals surface area contributed by atoms with E-state index in [0.717, 1.165) is 11.1 Å². The minimum atomic E-state index is -0.614. The first-order valence-corrected chi connectivity index (χ1v) is 9.24. The highest BCUT2D eigenvalue weighted by Gasteiger charge is 2.14. The monoisotopic (exact) mass is 413 g/mol. The average molecular weight is 413 g/mol. The fraction of sp³-hybridized carbons (Fsp3) is 0.286. The van der Waals surface area contributed by atoms with Gasteiger partial charge in [0, 0.05) is 37.8 Å². The molecule has 0 aliphatic rings. The first-order chi connectivity index (χ1) is 14.3. The molecule has 0 unspecified atom stereocenters. The van der Waals surface area contributed by atoms with E-state index in [-0.39, 0.29) is 36.7 Å². The number of ether oxygens (including phenoxy) is 1. The van der Waals surface area contributed by atoms with Crippen molar-refractivity contribution >= 4 is 23.5 Å². The van der Waals surface area contributed by atoms with Crippen LogP contribution in [0.2, 0.25) is 0 Å². The van der Waals surface area contributed by atoms with Gasteiger partial charge in [-0.3, -0.25) is 24.5 Å². The van der Waals surface area contributed by atoms with Crippen molar-refractivity contribution in [2.75, 3.05) is 20.2 Å². The highest BCUT2D eigenvalue weighted by molar-refractivity contribution is 5.94. The summed E-state index contributed by atoms with van der Waals surface area (Å²) in [5.74, 6) is -1.41. The summed E-state index contributed by atoms with van der Waals surface area (Å²) in [6, 6.07) is 12.8. The molecule has 9 nitrogen and oxygen atoms in total. The molecule has 30 heavy (non-hydrogen) atoms. The number of nitrogens with zero attached hydrogens (tertiary/aromatic N) is 2. The van der Waals surface area contributed by atoms with E-state index in [2.05, 4.69) is 5.32 Å². The van der Waals surface area contributed by atoms with Crippen LogP contribution in [0.5, 0.6) is 0 Å². The standard InChI is InChI=1S/C21H23N3O6/c1-15-5-3-4-6-17(15)13-23(2)19(25)14-30-20(26)11-12-22-21(27)16-7-9-18(10-8-16)24(28)29/h3-10H,11-14H2,1-2H3,(H,22,27). The highest BCUT2D eigenvalue weighted by Crippen LogP contribution is 2.12. The third-order valence-corrected chi connectivity index (χ3v) is 4.41. The maximum Gasteiger partial charge on any atom is 0.308 e. The Kier molecular flexibility index (Phi) is 8.04. The molecule has 0 aliphatic heterocycles. The lowest BCUT2D eigenvalue weighted by Crippen LogP contribution is -2.32. The van der Waals surface area contributed by atoms with Gasteiger partial charge in [0.15, 0.2) is 6.61 Å². The Bertz CT molecular complexity index is 927. The Labute approximate surface area is 173 Å². The van der Waals surface area contributed by atoms with Crippen LogP contribution in [0.1, 0.15) is 27.9 Å². The van der Waals surface area contributed by atoms with Gasteiger partial charge in [0.2, 0.25) is 0 Å². The summed E-state index contributed by atoms with van der Waals surface area (Å²) < 4.78 is 4.97. The van der Waals surface area contributed by atoms with E-state index in [0.29, 0.717) is 6.54 Å². The molecule has 0 aromatic heterocycles. The molecule has 2 rings (SSSR count). The minimum absolute atomic E-state index is 0.0158. The van der Waals surface area contributed by atoms with Gasteiger partial charge in [-0.2, -0.15) is 0 Å². The Balaban J connectivity index is 1.70. The first-order valence-electron chi connectivity index (χ1n) is 9.24. The SMILES string of the molecule is Cc1ccccc1CN(C)C(=O)COC(=O)CCNC(=O)c1ccc([N+](=O)[O-])cc1. The maximum absolute atomic E-state index is 12.1. The Morgan fingerprint density at radius 2 is 1.77 bits per heavy atom. The highest BCUT2D eigenvalue weighted by atomic mass is 16.6. The van der Waals surface area contributed by atoms with Crippen molar-refractivity contribution in [1.82, 2.24) is 10.2 Å². The van der Waals surface area contributed by atoms with Gasteiger partial charge >= 0.3 is 5.97 Å². The van der Waals surface area contributed by atoms with E-state index in [4.69, 9.17) is 4.74 Å². The third kappa shape index (κ3) is 6.69. The normalized spacial score (nSPS) is 10.2. The van der Waals surface area contributed by atoms with Crippen LogP contribution < -0.4 is 5.32 Å². The quantitative estimate of drug-likeness (QED) is 0.382. The molecule has 0 heterocycles. The van der Waals surface area contributed by atoms with E-state index >= 15 is 0 Å². The van der Waals surface area contributed by atoms with E-state index in [9.17, 15) is 24.5 Å². The summed E-state index contributed by atoms with van der Waals surface area (Å²) >= 11 is 0. The number of benzene rings is 2. The number of nitro benzene ring substituents is 1. The maximum atomic E-state index is 12.1. The fourth-order valence-corrected chi connectivity index (χ4v) is 2.57. The molecule has 9 heteroatoms. The Morgan fingerprint density at radius 1 is 1.10 bits per heavy atom. The molecular weight excluding hydrogens is 390 g/mol. The van der Waals surface area contributed by atoms with Gasteiger partial charge in [0.05, 0.1) is 11.3 Å². The minimum Gasteiger partial charge on any atom is -0.456 e. The lowest BCUT2D eigenvalue weighted by molar-refractivity contribution is -0.384. The lowest BCUT2D eigenvalue weighted by atomic mass is 10.1. The summed E-state index contributed by atoms with van der Waals surface area (Å²) in [5.41, 5.74) is 2.20. The number of non-ortho nitro benzene ring substituents is 1. The van der Waals surface area contributed by atoms with Crippen molar-refractivity contribution in [2.45, 2.75) is 19.9 Å². The van der Waals surface area contributed by atoms with E-state index in [1.807, 2.05) is 31.2 Å². The summed E-state index contributed by atoms with van der Waals surface area (Å²) in [6.07, 6.45) is -0.104. The van der Waals surface area contributed by atoms with E-state index < -0.39 is 16.8 Å². The molecule has 0 spiro atoms. The molecule has 2 amide bonds. The Hall–Kier alpha value is -3.75. The Morgan fingerprint density at radius 3 is 2.40 bits per heavy atom. The average Bonchev–Trinajstić information content (AvgIpc) is 2.73. The van der Waals surface area contributed by atoms with Crippen molar-refractivity contribution in [2.24, 2.45) is 0 Å². The van der Waals surface area contributed by atoms with Crippen LogP contribution in [0.3, 0.4) is 0 Å². The van der Waals surface area contributed by atoms with E-state index in [1.165, 1.54) is 29.2 Å². The largest absolute Gasteiger partial charge is 0.456 e. The molecule has 0 radical (unpaired) electrons. The zero-order valence-corrected chi connectivity index (χ0v) is 16.8. The second-order valence-electron chi connectivity index (χ2n) is 6.65. The summed E-state index contributed by atoms with van der Waals surface area (Å²) in [7, 11) is 1.63. The number of amides is 2. The van der Waals surface area contributed by atoms with Crippen LogP contribution in [0.15, 0.2) is 48.5 Å². The molecular formula is C21H23N3O6. The molecule has 1 N–H and O–H groups in total. The number of hydrogen-bond acceptors (Lipinski definition) is 6. The summed E-state index contributed by atoms with van der Waals surface area (Å²) in [6.45, 7) is 2.01. The van der Waals surface area contributed by atoms with Crippen LogP contribution in [0.25, 0.3) is 0 Å². The molecule has 158 valence electrons. The van der Waals surface area contributed by atoms with Crippen LogP contribution in [-0.4, -0.2) is 47.8 Å². The second-order valence-corrected chi connectivity index (χ2v) is 6.65. The second kappa shape index (κ2) is 10.7. The molecule has 0 saturated carbocycles. The third-order valence-electron chi connectivity index (χ3n) is 4.41. The van der Waals surface area contributed by atoms with Crippen molar-refractivity contribution < 1.29 is 24.0 Å². The molecule has 0 fully saturated rings. The summed E-state index contributed by atoms with van der Waals surface area (Å²) in [4.78, 5) is 47.4. The molecule has 2 aromatic rings. The van der Waals surface area contributed by atoms with Crippen molar-refractivity contribution in [3.8, 4) is 0 Å². The zero-order chi connectivity index (χ0) is 22.1. The zero-order valence-electron chi connectivity index (χ0n) is 16.8. The molecule has 0 atom stereocenters. The lowest BCUT2D eigenvalue weighted by Gasteiger charge is -2.18. The van der Waals surface area contributed by atoms with Gasteiger partial charge in [0.1, 0.15) is 0 Å². The first kappa shape index (κ1) is 22.5. The smallest absolute Gasteiger partial charge is 0.308 e. The number of likely N-dealkylation sites (N-methyl/N-ethyl adjacent to an activating group) is 1. The number of esters is 1. The van der Waals surface area contributed by atoms with Crippen LogP contribution in [-0.2, 0) is 20.9 Å². The molecule has 0 saturated heterocycles. The molecule has 0 aliphatic carbocycles. The number of carbonyl (C=O) groups is 3. The van der Waals surface area contributed by atoms with Gasteiger partial charge in [0.25, 0.3) is 17.5 Å². The molecule has 2 aromatic carbocycles. The van der Waals surface area contributed by atoms with Crippen LogP contribution in [0, 0.1) is 17.0 Å². The van der Waals surface area contributed by atoms with Crippen molar-refractivity contribution in [1.29, 1.82) is 0 Å². The topological polar surface area (TPSA) is 119 Å². The van der Waals surface area contributed by atoms with Crippen molar-refractivity contribution in [3.63, 3.8) is 0 Å². The number of aryl methyl sites for hydroxylation is 1. The van der Waals surface area contributed by atoms with Crippen LogP contribution in [0.4, 0.5) is 5.69 Å². The van der Waals surface area contributed by atoms with Gasteiger partial charge in [-0.15, -0.1) is 0 Å². The summed E-state index contributed by atoms with van der Waals surface area (Å²) in [5, 5.41) is 13.1. The van der Waals surface area contributed by atoms with E-state index in [1.54, 1.807) is 7.05 Å². The van der Waals surface area contributed by atoms with Crippen molar-refractivity contribution in [3.05, 3.63) is 75.3 Å². The fourth-order valence-electron chi connectivity index (χ4n) is 2.57. The molecule has 0 bridgehead atoms. The number of carbonyl (C=O) groups excluding carboxylic acids is 3. The predicted molar refractivity (Wildman–Crippen MR) is 109 cm³/mol. The number of nitrogens with one attached hydrogen (secondary N) is 1. The number of rotatable bonds is 9. The number of nitro groups is 1. The van der Waals surface area contributed by atoms with Gasteiger partial charge in [-0.1, -0.05) is 24.3 Å². The van der Waals surface area contributed by atoms with Gasteiger partial charge in [-0.25, -0.2) is 0 Å². The van der Waals surface area contributed by atoms with Crippen LogP contribution >= 0.6 is 0 Å². The number of hydrogen-bond donors (Lipinski definition) is 1. The van der Waals surface area contributed by atoms with Gasteiger partial charge < -0.3 is 15.0 Å².